The first kappa shape index (κ1) is 17.9. The van der Waals surface area contributed by atoms with Crippen molar-refractivity contribution >= 4 is 5.91 Å². The first-order chi connectivity index (χ1) is 12.8. The summed E-state index contributed by atoms with van der Waals surface area (Å²) in [6.45, 7) is 1.57. The summed E-state index contributed by atoms with van der Waals surface area (Å²) in [5, 5.41) is 9.51. The number of nitrogens with one attached hydrogen (secondary N) is 1. The van der Waals surface area contributed by atoms with E-state index in [1.54, 1.807) is 0 Å². The smallest absolute Gasteiger partial charge is 0.406 e. The standard InChI is InChI=1S/C17H16F4N4O2/c18-12-3-9-7-25(13-6-23-24-16(26)15(13)17(19,20)21)8-10(9)4-14(12)27-11-1-2-22-5-11/h3-4,6,11,15,22H,1-2,5,7-8H2. The average molecular weight is 384 g/mol. The van der Waals surface area contributed by atoms with Gasteiger partial charge in [-0.1, -0.05) is 0 Å². The van der Waals surface area contributed by atoms with Gasteiger partial charge in [0.1, 0.15) is 6.10 Å². The number of fused-ring (bicyclic) bond motifs is 1. The number of carbonyl (C=O) groups is 1. The summed E-state index contributed by atoms with van der Waals surface area (Å²) >= 11 is 0. The summed E-state index contributed by atoms with van der Waals surface area (Å²) in [7, 11) is 0. The molecule has 1 N–H and O–H groups in total. The predicted molar refractivity (Wildman–Crippen MR) is 85.0 cm³/mol. The molecule has 1 saturated heterocycles. The van der Waals surface area contributed by atoms with Crippen molar-refractivity contribution in [2.45, 2.75) is 31.8 Å². The predicted octanol–water partition coefficient (Wildman–Crippen LogP) is 2.89. The Morgan fingerprint density at radius 1 is 1.22 bits per heavy atom. The van der Waals surface area contributed by atoms with Gasteiger partial charge in [0.25, 0.3) is 5.91 Å². The summed E-state index contributed by atoms with van der Waals surface area (Å²) in [4.78, 5) is 13.0. The zero-order valence-corrected chi connectivity index (χ0v) is 14.1. The SMILES string of the molecule is O=C1N=NC=C(N2Cc3cc(F)c(OC4CCNC4)cc3C2)C1C(F)(F)F. The molecule has 6 nitrogen and oxygen atoms in total. The highest BCUT2D eigenvalue weighted by atomic mass is 19.4. The molecular formula is C17H16F4N4O2. The molecule has 2 atom stereocenters. The van der Waals surface area contributed by atoms with E-state index >= 15 is 0 Å². The number of benzene rings is 1. The fourth-order valence-corrected chi connectivity index (χ4v) is 3.56. The van der Waals surface area contributed by atoms with Crippen LogP contribution in [-0.2, 0) is 17.9 Å². The van der Waals surface area contributed by atoms with E-state index in [9.17, 15) is 22.4 Å². The number of azo groups is 1. The summed E-state index contributed by atoms with van der Waals surface area (Å²) in [6.07, 6.45) is -3.20. The van der Waals surface area contributed by atoms with Crippen LogP contribution in [0.25, 0.3) is 0 Å². The van der Waals surface area contributed by atoms with Crippen molar-refractivity contribution in [3.63, 3.8) is 0 Å². The second kappa shape index (κ2) is 6.59. The number of hydrogen-bond acceptors (Lipinski definition) is 5. The third kappa shape index (κ3) is 3.41. The molecule has 3 heterocycles. The Morgan fingerprint density at radius 3 is 2.63 bits per heavy atom. The molecule has 3 aliphatic rings. The minimum Gasteiger partial charge on any atom is -0.486 e. The Bertz CT molecular complexity index is 831. The Balaban J connectivity index is 1.57. The van der Waals surface area contributed by atoms with Crippen molar-refractivity contribution in [2.24, 2.45) is 16.1 Å². The molecule has 27 heavy (non-hydrogen) atoms. The molecule has 1 amide bonds. The van der Waals surface area contributed by atoms with Crippen molar-refractivity contribution in [1.82, 2.24) is 10.2 Å². The molecule has 0 bridgehead atoms. The monoisotopic (exact) mass is 384 g/mol. The van der Waals surface area contributed by atoms with Crippen molar-refractivity contribution in [3.05, 3.63) is 41.0 Å². The largest absolute Gasteiger partial charge is 0.486 e. The van der Waals surface area contributed by atoms with E-state index in [0.717, 1.165) is 19.2 Å². The van der Waals surface area contributed by atoms with Crippen LogP contribution in [0, 0.1) is 11.7 Å². The fraction of sp³-hybridized carbons (Fsp3) is 0.471. The lowest BCUT2D eigenvalue weighted by molar-refractivity contribution is -0.177. The second-order valence-corrected chi connectivity index (χ2v) is 6.72. The van der Waals surface area contributed by atoms with Gasteiger partial charge in [0, 0.05) is 19.6 Å². The normalized spacial score (nSPS) is 25.0. The minimum atomic E-state index is -4.77. The number of halogens is 4. The van der Waals surface area contributed by atoms with Crippen LogP contribution in [0.15, 0.2) is 34.3 Å². The minimum absolute atomic E-state index is 0.0543. The van der Waals surface area contributed by atoms with E-state index in [1.165, 1.54) is 17.0 Å². The van der Waals surface area contributed by atoms with Gasteiger partial charge >= 0.3 is 6.18 Å². The fourth-order valence-electron chi connectivity index (χ4n) is 3.56. The van der Waals surface area contributed by atoms with Crippen LogP contribution >= 0.6 is 0 Å². The highest BCUT2D eigenvalue weighted by Gasteiger charge is 2.50. The number of hydrogen-bond donors (Lipinski definition) is 1. The molecule has 144 valence electrons. The van der Waals surface area contributed by atoms with Gasteiger partial charge in [0.2, 0.25) is 0 Å². The van der Waals surface area contributed by atoms with E-state index < -0.39 is 23.8 Å². The van der Waals surface area contributed by atoms with Gasteiger partial charge in [-0.2, -0.15) is 18.3 Å². The first-order valence-corrected chi connectivity index (χ1v) is 8.48. The summed E-state index contributed by atoms with van der Waals surface area (Å²) in [6, 6.07) is 2.81. The third-order valence-corrected chi connectivity index (χ3v) is 4.87. The summed E-state index contributed by atoms with van der Waals surface area (Å²) in [5.74, 6) is -4.16. The van der Waals surface area contributed by atoms with E-state index in [1.807, 2.05) is 0 Å². The van der Waals surface area contributed by atoms with Gasteiger partial charge < -0.3 is 15.0 Å². The van der Waals surface area contributed by atoms with E-state index in [4.69, 9.17) is 4.74 Å². The lowest BCUT2D eigenvalue weighted by Crippen LogP contribution is -2.38. The number of nitrogens with zero attached hydrogens (tertiary/aromatic N) is 3. The highest BCUT2D eigenvalue weighted by Crippen LogP contribution is 2.40. The van der Waals surface area contributed by atoms with Gasteiger partial charge in [0.15, 0.2) is 17.5 Å². The van der Waals surface area contributed by atoms with Gasteiger partial charge in [-0.15, -0.1) is 5.11 Å². The van der Waals surface area contributed by atoms with Crippen LogP contribution in [0.4, 0.5) is 17.6 Å². The van der Waals surface area contributed by atoms with Gasteiger partial charge in [0.05, 0.1) is 11.9 Å². The molecule has 1 aromatic rings. The van der Waals surface area contributed by atoms with Crippen LogP contribution in [-0.4, -0.2) is 36.2 Å². The van der Waals surface area contributed by atoms with E-state index in [-0.39, 0.29) is 30.6 Å². The Morgan fingerprint density at radius 2 is 1.96 bits per heavy atom. The lowest BCUT2D eigenvalue weighted by Gasteiger charge is -2.28. The zero-order chi connectivity index (χ0) is 19.2. The van der Waals surface area contributed by atoms with E-state index in [2.05, 4.69) is 15.5 Å². The van der Waals surface area contributed by atoms with Crippen LogP contribution in [0.1, 0.15) is 17.5 Å². The van der Waals surface area contributed by atoms with Crippen LogP contribution < -0.4 is 10.1 Å². The van der Waals surface area contributed by atoms with Crippen molar-refractivity contribution < 1.29 is 27.1 Å². The molecule has 1 fully saturated rings. The zero-order valence-electron chi connectivity index (χ0n) is 14.1. The summed E-state index contributed by atoms with van der Waals surface area (Å²) < 4.78 is 59.9. The molecule has 0 radical (unpaired) electrons. The van der Waals surface area contributed by atoms with Gasteiger partial charge in [-0.3, -0.25) is 4.79 Å². The number of rotatable bonds is 3. The van der Waals surface area contributed by atoms with E-state index in [0.29, 0.717) is 17.7 Å². The maximum Gasteiger partial charge on any atom is 0.406 e. The van der Waals surface area contributed by atoms with Crippen LogP contribution in [0.2, 0.25) is 0 Å². The maximum absolute atomic E-state index is 14.3. The van der Waals surface area contributed by atoms with Gasteiger partial charge in [-0.25, -0.2) is 4.39 Å². The average Bonchev–Trinajstić information content (AvgIpc) is 3.23. The number of alkyl halides is 3. The third-order valence-electron chi connectivity index (χ3n) is 4.87. The van der Waals surface area contributed by atoms with Crippen LogP contribution in [0.5, 0.6) is 5.75 Å². The van der Waals surface area contributed by atoms with Crippen molar-refractivity contribution in [2.75, 3.05) is 13.1 Å². The second-order valence-electron chi connectivity index (χ2n) is 6.72. The van der Waals surface area contributed by atoms with Crippen LogP contribution in [0.3, 0.4) is 0 Å². The molecule has 0 aromatic heterocycles. The number of ether oxygens (including phenoxy) is 1. The maximum atomic E-state index is 14.3. The molecule has 10 heteroatoms. The molecule has 2 unspecified atom stereocenters. The molecular weight excluding hydrogens is 368 g/mol. The summed E-state index contributed by atoms with van der Waals surface area (Å²) in [5.41, 5.74) is 0.942. The Kier molecular flexibility index (Phi) is 4.37. The van der Waals surface area contributed by atoms with Gasteiger partial charge in [-0.05, 0) is 36.2 Å². The number of amides is 1. The quantitative estimate of drug-likeness (QED) is 0.814. The lowest BCUT2D eigenvalue weighted by atomic mass is 10.0. The molecule has 0 spiro atoms. The van der Waals surface area contributed by atoms with Crippen molar-refractivity contribution in [1.29, 1.82) is 0 Å². The Hall–Kier alpha value is -2.49. The Labute approximate surface area is 151 Å². The number of carbonyl (C=O) groups excluding carboxylic acids is 1. The molecule has 0 saturated carbocycles. The molecule has 1 aromatic carbocycles. The molecule has 0 aliphatic carbocycles. The molecule has 3 aliphatic heterocycles. The topological polar surface area (TPSA) is 66.3 Å². The first-order valence-electron chi connectivity index (χ1n) is 8.48. The highest BCUT2D eigenvalue weighted by molar-refractivity contribution is 5.83. The van der Waals surface area contributed by atoms with Crippen molar-refractivity contribution in [3.8, 4) is 5.75 Å². The molecule has 4 rings (SSSR count).